The molecule has 0 spiro atoms. The van der Waals surface area contributed by atoms with Crippen molar-refractivity contribution in [3.05, 3.63) is 24.0 Å². The highest BCUT2D eigenvalue weighted by atomic mass is 32.2. The number of halogens is 4. The summed E-state index contributed by atoms with van der Waals surface area (Å²) in [5, 5.41) is 2.04. The van der Waals surface area contributed by atoms with E-state index in [-0.39, 0.29) is 17.8 Å². The Labute approximate surface area is 123 Å². The first-order valence-corrected chi connectivity index (χ1v) is 7.24. The van der Waals surface area contributed by atoms with Gasteiger partial charge in [-0.3, -0.25) is 4.79 Å². The third kappa shape index (κ3) is 4.31. The number of rotatable bonds is 5. The number of alkyl halides is 3. The molecule has 3 N–H and O–H groups in total. The molecule has 0 aliphatic rings. The molecule has 6 nitrogen and oxygen atoms in total. The highest BCUT2D eigenvalue weighted by Crippen LogP contribution is 2.26. The molecule has 0 saturated heterocycles. The van der Waals surface area contributed by atoms with Gasteiger partial charge in [0.1, 0.15) is 5.82 Å². The summed E-state index contributed by atoms with van der Waals surface area (Å²) in [6.07, 6.45) is -2.26. The maximum absolute atomic E-state index is 13.2. The average molecular weight is 344 g/mol. The predicted octanol–water partition coefficient (Wildman–Crippen LogP) is 1.99. The second kappa shape index (κ2) is 6.48. The lowest BCUT2D eigenvalue weighted by Gasteiger charge is -2.16. The van der Waals surface area contributed by atoms with Crippen molar-refractivity contribution >= 4 is 27.4 Å². The normalized spacial score (nSPS) is 13.7. The summed E-state index contributed by atoms with van der Waals surface area (Å²) in [7, 11) is -5.92. The SMILES string of the molecule is CCC(OS(=O)(=O)C(F)(F)F)C(=O)Nc1ccc(N)c(F)c1. The van der Waals surface area contributed by atoms with Crippen LogP contribution in [-0.4, -0.2) is 25.9 Å². The fraction of sp³-hybridized carbons (Fsp3) is 0.364. The number of amides is 1. The van der Waals surface area contributed by atoms with E-state index in [0.717, 1.165) is 12.1 Å². The quantitative estimate of drug-likeness (QED) is 0.368. The van der Waals surface area contributed by atoms with Crippen molar-refractivity contribution in [2.45, 2.75) is 25.0 Å². The first-order valence-electron chi connectivity index (χ1n) is 5.83. The highest BCUT2D eigenvalue weighted by Gasteiger charge is 2.49. The zero-order chi connectivity index (χ0) is 17.1. The van der Waals surface area contributed by atoms with E-state index in [9.17, 15) is 30.8 Å². The Hall–Kier alpha value is -1.88. The molecule has 0 aliphatic heterocycles. The fourth-order valence-corrected chi connectivity index (χ4v) is 1.97. The van der Waals surface area contributed by atoms with Gasteiger partial charge >= 0.3 is 15.6 Å². The van der Waals surface area contributed by atoms with Gasteiger partial charge in [-0.1, -0.05) is 6.92 Å². The third-order valence-electron chi connectivity index (χ3n) is 2.46. The van der Waals surface area contributed by atoms with Crippen LogP contribution in [-0.2, 0) is 19.1 Å². The van der Waals surface area contributed by atoms with Crippen LogP contribution < -0.4 is 11.1 Å². The van der Waals surface area contributed by atoms with Gasteiger partial charge in [0.2, 0.25) is 0 Å². The molecule has 1 aromatic rings. The van der Waals surface area contributed by atoms with E-state index in [1.165, 1.54) is 13.0 Å². The number of nitrogens with two attached hydrogens (primary N) is 1. The summed E-state index contributed by atoms with van der Waals surface area (Å²) in [5.74, 6) is -2.02. The first-order chi connectivity index (χ1) is 9.98. The molecule has 1 aromatic carbocycles. The number of hydrogen-bond donors (Lipinski definition) is 2. The first kappa shape index (κ1) is 18.2. The van der Waals surface area contributed by atoms with Crippen LogP contribution in [0.2, 0.25) is 0 Å². The molecule has 0 aliphatic carbocycles. The summed E-state index contributed by atoms with van der Waals surface area (Å²) >= 11 is 0. The van der Waals surface area contributed by atoms with Crippen molar-refractivity contribution in [2.24, 2.45) is 0 Å². The maximum Gasteiger partial charge on any atom is 0.523 e. The van der Waals surface area contributed by atoms with Crippen LogP contribution >= 0.6 is 0 Å². The second-order valence-corrected chi connectivity index (χ2v) is 5.68. The smallest absolute Gasteiger partial charge is 0.396 e. The number of anilines is 2. The van der Waals surface area contributed by atoms with Gasteiger partial charge in [-0.05, 0) is 24.6 Å². The number of nitrogen functional groups attached to an aromatic ring is 1. The topological polar surface area (TPSA) is 98.5 Å². The van der Waals surface area contributed by atoms with E-state index >= 15 is 0 Å². The monoisotopic (exact) mass is 344 g/mol. The van der Waals surface area contributed by atoms with Crippen LogP contribution in [0, 0.1) is 5.82 Å². The Morgan fingerprint density at radius 3 is 2.45 bits per heavy atom. The summed E-state index contributed by atoms with van der Waals surface area (Å²) in [6, 6.07) is 3.15. The van der Waals surface area contributed by atoms with Crippen molar-refractivity contribution in [1.82, 2.24) is 0 Å². The minimum atomic E-state index is -5.92. The van der Waals surface area contributed by atoms with Crippen molar-refractivity contribution < 1.29 is 35.0 Å². The van der Waals surface area contributed by atoms with Gasteiger partial charge in [0.05, 0.1) is 5.69 Å². The summed E-state index contributed by atoms with van der Waals surface area (Å²) < 4.78 is 75.4. The predicted molar refractivity (Wildman–Crippen MR) is 69.6 cm³/mol. The summed E-state index contributed by atoms with van der Waals surface area (Å²) in [6.45, 7) is 1.25. The van der Waals surface area contributed by atoms with E-state index in [0.29, 0.717) is 0 Å². The second-order valence-electron chi connectivity index (χ2n) is 4.12. The molecule has 11 heteroatoms. The van der Waals surface area contributed by atoms with E-state index in [1.54, 1.807) is 0 Å². The molecule has 0 saturated carbocycles. The van der Waals surface area contributed by atoms with Crippen molar-refractivity contribution in [1.29, 1.82) is 0 Å². The van der Waals surface area contributed by atoms with Gasteiger partial charge in [0.25, 0.3) is 5.91 Å². The van der Waals surface area contributed by atoms with Gasteiger partial charge in [0, 0.05) is 5.69 Å². The number of carbonyl (C=O) groups excluding carboxylic acids is 1. The number of carbonyl (C=O) groups is 1. The Balaban J connectivity index is 2.87. The molecule has 1 amide bonds. The molecular weight excluding hydrogens is 332 g/mol. The van der Waals surface area contributed by atoms with E-state index in [1.807, 2.05) is 5.32 Å². The van der Waals surface area contributed by atoms with Gasteiger partial charge < -0.3 is 11.1 Å². The molecule has 0 heterocycles. The van der Waals surface area contributed by atoms with Crippen LogP contribution in [0.1, 0.15) is 13.3 Å². The number of hydrogen-bond acceptors (Lipinski definition) is 5. The van der Waals surface area contributed by atoms with Crippen molar-refractivity contribution in [2.75, 3.05) is 11.1 Å². The minimum Gasteiger partial charge on any atom is -0.396 e. The standard InChI is InChI=1S/C11H12F4N2O4S/c1-2-9(21-22(19,20)11(13,14)15)10(18)17-6-3-4-8(16)7(12)5-6/h3-5,9H,2,16H2,1H3,(H,17,18). The van der Waals surface area contributed by atoms with Crippen LogP contribution in [0.3, 0.4) is 0 Å². The lowest BCUT2D eigenvalue weighted by Crippen LogP contribution is -2.36. The van der Waals surface area contributed by atoms with Crippen molar-refractivity contribution in [3.63, 3.8) is 0 Å². The summed E-state index contributed by atoms with van der Waals surface area (Å²) in [4.78, 5) is 11.7. The Bertz CT molecular complexity index is 661. The molecule has 1 atom stereocenters. The zero-order valence-electron chi connectivity index (χ0n) is 11.1. The third-order valence-corrected chi connectivity index (χ3v) is 3.51. The fourth-order valence-electron chi connectivity index (χ4n) is 1.33. The minimum absolute atomic E-state index is 0.108. The largest absolute Gasteiger partial charge is 0.523 e. The van der Waals surface area contributed by atoms with Gasteiger partial charge in [-0.25, -0.2) is 8.57 Å². The molecule has 0 bridgehead atoms. The van der Waals surface area contributed by atoms with E-state index < -0.39 is 33.5 Å². The summed E-state index contributed by atoms with van der Waals surface area (Å²) in [5.41, 5.74) is -0.727. The molecule has 0 aromatic heterocycles. The molecule has 1 unspecified atom stereocenters. The Morgan fingerprint density at radius 2 is 2.00 bits per heavy atom. The lowest BCUT2D eigenvalue weighted by molar-refractivity contribution is -0.123. The number of benzene rings is 1. The average Bonchev–Trinajstić information content (AvgIpc) is 2.38. The molecule has 0 radical (unpaired) electrons. The molecular formula is C11H12F4N2O4S. The van der Waals surface area contributed by atoms with Crippen LogP contribution in [0.25, 0.3) is 0 Å². The van der Waals surface area contributed by atoms with Gasteiger partial charge in [-0.2, -0.15) is 21.6 Å². The van der Waals surface area contributed by atoms with Crippen LogP contribution in [0.15, 0.2) is 18.2 Å². The molecule has 22 heavy (non-hydrogen) atoms. The zero-order valence-corrected chi connectivity index (χ0v) is 12.0. The van der Waals surface area contributed by atoms with Gasteiger partial charge in [-0.15, -0.1) is 0 Å². The maximum atomic E-state index is 13.2. The highest BCUT2D eigenvalue weighted by molar-refractivity contribution is 7.87. The molecule has 0 fully saturated rings. The van der Waals surface area contributed by atoms with E-state index in [4.69, 9.17) is 5.73 Å². The van der Waals surface area contributed by atoms with Crippen LogP contribution in [0.5, 0.6) is 0 Å². The van der Waals surface area contributed by atoms with Gasteiger partial charge in [0.15, 0.2) is 6.10 Å². The lowest BCUT2D eigenvalue weighted by atomic mass is 10.2. The van der Waals surface area contributed by atoms with Crippen LogP contribution in [0.4, 0.5) is 28.9 Å². The van der Waals surface area contributed by atoms with Crippen molar-refractivity contribution in [3.8, 4) is 0 Å². The number of nitrogens with one attached hydrogen (secondary N) is 1. The molecule has 124 valence electrons. The molecule has 1 rings (SSSR count). The Morgan fingerprint density at radius 1 is 1.41 bits per heavy atom. The van der Waals surface area contributed by atoms with E-state index in [2.05, 4.69) is 4.18 Å². The Kier molecular flexibility index (Phi) is 5.35.